The number of carbonyl (C=O) groups excluding carboxylic acids is 1. The molecule has 2 aromatic rings. The van der Waals surface area contributed by atoms with E-state index in [-0.39, 0.29) is 11.6 Å². The third-order valence-electron chi connectivity index (χ3n) is 1.74. The van der Waals surface area contributed by atoms with Crippen LogP contribution in [-0.4, -0.2) is 25.9 Å². The minimum Gasteiger partial charge on any atom is -0.305 e. The summed E-state index contributed by atoms with van der Waals surface area (Å²) in [6, 6.07) is 5.27. The molecule has 6 nitrogen and oxygen atoms in total. The number of rotatable bonds is 2. The lowest BCUT2D eigenvalue weighted by molar-refractivity contribution is 0.102. The fraction of sp³-hybridized carbons (Fsp3) is 0.111. The molecular formula is C9H9N5O. The first-order valence-electron chi connectivity index (χ1n) is 4.34. The van der Waals surface area contributed by atoms with Crippen molar-refractivity contribution in [1.29, 1.82) is 0 Å². The average molecular weight is 203 g/mol. The third-order valence-corrected chi connectivity index (χ3v) is 1.74. The van der Waals surface area contributed by atoms with Crippen LogP contribution < -0.4 is 5.32 Å². The van der Waals surface area contributed by atoms with Gasteiger partial charge in [0.05, 0.1) is 6.20 Å². The highest BCUT2D eigenvalue weighted by atomic mass is 16.2. The van der Waals surface area contributed by atoms with Crippen molar-refractivity contribution in [3.05, 3.63) is 36.3 Å². The summed E-state index contributed by atoms with van der Waals surface area (Å²) in [5, 5.41) is 10.3. The van der Waals surface area contributed by atoms with E-state index in [2.05, 4.69) is 20.5 Å². The lowest BCUT2D eigenvalue weighted by Gasteiger charge is -1.99. The summed E-state index contributed by atoms with van der Waals surface area (Å²) in [6.45, 7) is 0. The highest BCUT2D eigenvalue weighted by molar-refractivity contribution is 6.01. The molecule has 1 amide bonds. The molecule has 0 saturated heterocycles. The molecule has 15 heavy (non-hydrogen) atoms. The highest BCUT2D eigenvalue weighted by Gasteiger charge is 2.09. The van der Waals surface area contributed by atoms with Crippen LogP contribution in [0.4, 0.5) is 5.82 Å². The first kappa shape index (κ1) is 9.32. The maximum Gasteiger partial charge on any atom is 0.278 e. The van der Waals surface area contributed by atoms with Crippen molar-refractivity contribution >= 4 is 11.7 Å². The van der Waals surface area contributed by atoms with Gasteiger partial charge in [-0.15, -0.1) is 5.10 Å². The van der Waals surface area contributed by atoms with Gasteiger partial charge in [-0.25, -0.2) is 4.98 Å². The Morgan fingerprint density at radius 1 is 1.47 bits per heavy atom. The molecule has 0 aliphatic rings. The van der Waals surface area contributed by atoms with Crippen LogP contribution in [0.3, 0.4) is 0 Å². The minimum atomic E-state index is -0.318. The van der Waals surface area contributed by atoms with E-state index in [0.29, 0.717) is 5.82 Å². The van der Waals surface area contributed by atoms with Crippen molar-refractivity contribution < 1.29 is 4.79 Å². The zero-order valence-corrected chi connectivity index (χ0v) is 8.08. The monoisotopic (exact) mass is 203 g/mol. The van der Waals surface area contributed by atoms with Gasteiger partial charge in [0, 0.05) is 13.2 Å². The molecule has 0 aliphatic carbocycles. The number of hydrogen-bond acceptors (Lipinski definition) is 4. The Morgan fingerprint density at radius 3 is 2.93 bits per heavy atom. The molecule has 76 valence electrons. The first-order chi connectivity index (χ1) is 7.25. The smallest absolute Gasteiger partial charge is 0.278 e. The van der Waals surface area contributed by atoms with Gasteiger partial charge in [0.25, 0.3) is 5.91 Å². The summed E-state index contributed by atoms with van der Waals surface area (Å²) in [6.07, 6.45) is 3.00. The Bertz CT molecular complexity index is 464. The van der Waals surface area contributed by atoms with E-state index < -0.39 is 0 Å². The Balaban J connectivity index is 2.11. The predicted molar refractivity (Wildman–Crippen MR) is 53.2 cm³/mol. The molecule has 0 aliphatic heterocycles. The molecule has 0 unspecified atom stereocenters. The number of anilines is 1. The number of carbonyl (C=O) groups is 1. The summed E-state index contributed by atoms with van der Waals surface area (Å²) >= 11 is 0. The van der Waals surface area contributed by atoms with Gasteiger partial charge in [-0.3, -0.25) is 4.79 Å². The molecule has 2 aromatic heterocycles. The molecule has 0 radical (unpaired) electrons. The molecule has 0 bridgehead atoms. The lowest BCUT2D eigenvalue weighted by atomic mass is 10.4. The van der Waals surface area contributed by atoms with Crippen molar-refractivity contribution in [2.45, 2.75) is 0 Å². The summed E-state index contributed by atoms with van der Waals surface area (Å²) in [5.41, 5.74) is 0.267. The number of hydrogen-bond donors (Lipinski definition) is 1. The second-order valence-corrected chi connectivity index (χ2v) is 2.89. The average Bonchev–Trinajstić information content (AvgIpc) is 2.66. The van der Waals surface area contributed by atoms with Crippen molar-refractivity contribution in [3.63, 3.8) is 0 Å². The number of amides is 1. The van der Waals surface area contributed by atoms with Crippen LogP contribution in [0.2, 0.25) is 0 Å². The van der Waals surface area contributed by atoms with Gasteiger partial charge in [-0.2, -0.15) is 9.90 Å². The van der Waals surface area contributed by atoms with Crippen molar-refractivity contribution in [1.82, 2.24) is 20.0 Å². The van der Waals surface area contributed by atoms with E-state index >= 15 is 0 Å². The van der Waals surface area contributed by atoms with Crippen LogP contribution in [-0.2, 0) is 7.05 Å². The van der Waals surface area contributed by atoms with E-state index in [1.165, 1.54) is 11.0 Å². The number of pyridine rings is 1. The Hall–Kier alpha value is -2.24. The Kier molecular flexibility index (Phi) is 2.40. The molecule has 0 fully saturated rings. The Labute approximate surface area is 85.9 Å². The zero-order valence-electron chi connectivity index (χ0n) is 8.08. The zero-order chi connectivity index (χ0) is 10.7. The molecule has 2 rings (SSSR count). The van der Waals surface area contributed by atoms with E-state index in [4.69, 9.17) is 0 Å². The number of nitrogens with one attached hydrogen (secondary N) is 1. The van der Waals surface area contributed by atoms with Gasteiger partial charge in [0.1, 0.15) is 5.82 Å². The Morgan fingerprint density at radius 2 is 2.33 bits per heavy atom. The summed E-state index contributed by atoms with van der Waals surface area (Å²) in [5.74, 6) is 0.176. The first-order valence-corrected chi connectivity index (χ1v) is 4.34. The van der Waals surface area contributed by atoms with Crippen molar-refractivity contribution in [3.8, 4) is 0 Å². The summed E-state index contributed by atoms with van der Waals surface area (Å²) in [4.78, 5) is 16.9. The summed E-state index contributed by atoms with van der Waals surface area (Å²) in [7, 11) is 1.65. The van der Waals surface area contributed by atoms with Gasteiger partial charge < -0.3 is 5.32 Å². The van der Waals surface area contributed by atoms with Gasteiger partial charge in [0.2, 0.25) is 0 Å². The fourth-order valence-corrected chi connectivity index (χ4v) is 1.07. The predicted octanol–water partition coefficient (Wildman–Crippen LogP) is 0.462. The maximum atomic E-state index is 11.6. The normalized spacial score (nSPS) is 9.93. The molecule has 1 N–H and O–H groups in total. The molecule has 0 saturated carbocycles. The number of nitrogens with zero attached hydrogens (tertiary/aromatic N) is 4. The maximum absolute atomic E-state index is 11.6. The molecule has 0 aromatic carbocycles. The standard InChI is InChI=1S/C9H9N5O/c1-14-11-6-7(13-14)9(15)12-8-4-2-3-5-10-8/h2-6H,1H3,(H,10,12,15). The van der Waals surface area contributed by atoms with Crippen LogP contribution >= 0.6 is 0 Å². The van der Waals surface area contributed by atoms with E-state index in [0.717, 1.165) is 0 Å². The molecular weight excluding hydrogens is 194 g/mol. The van der Waals surface area contributed by atoms with Crippen LogP contribution in [0.25, 0.3) is 0 Å². The molecule has 2 heterocycles. The SMILES string of the molecule is Cn1ncc(C(=O)Nc2ccccn2)n1. The van der Waals surface area contributed by atoms with Crippen LogP contribution in [0.1, 0.15) is 10.5 Å². The van der Waals surface area contributed by atoms with Gasteiger partial charge >= 0.3 is 0 Å². The van der Waals surface area contributed by atoms with E-state index in [1.54, 1.807) is 31.4 Å². The number of aryl methyl sites for hydroxylation is 1. The quantitative estimate of drug-likeness (QED) is 0.769. The van der Waals surface area contributed by atoms with E-state index in [9.17, 15) is 4.79 Å². The highest BCUT2D eigenvalue weighted by Crippen LogP contribution is 2.02. The van der Waals surface area contributed by atoms with Gasteiger partial charge in [0.15, 0.2) is 5.69 Å². The van der Waals surface area contributed by atoms with Gasteiger partial charge in [-0.05, 0) is 12.1 Å². The van der Waals surface area contributed by atoms with E-state index in [1.807, 2.05) is 0 Å². The number of aromatic nitrogens is 4. The van der Waals surface area contributed by atoms with Crippen LogP contribution in [0.5, 0.6) is 0 Å². The fourth-order valence-electron chi connectivity index (χ4n) is 1.07. The van der Waals surface area contributed by atoms with Crippen LogP contribution in [0, 0.1) is 0 Å². The van der Waals surface area contributed by atoms with Crippen molar-refractivity contribution in [2.24, 2.45) is 7.05 Å². The largest absolute Gasteiger partial charge is 0.305 e. The molecule has 0 atom stereocenters. The lowest BCUT2D eigenvalue weighted by Crippen LogP contribution is -2.13. The molecule has 6 heteroatoms. The van der Waals surface area contributed by atoms with Crippen molar-refractivity contribution in [2.75, 3.05) is 5.32 Å². The third kappa shape index (κ3) is 2.16. The second-order valence-electron chi connectivity index (χ2n) is 2.89. The minimum absolute atomic E-state index is 0.267. The topological polar surface area (TPSA) is 72.7 Å². The van der Waals surface area contributed by atoms with Gasteiger partial charge in [-0.1, -0.05) is 6.07 Å². The molecule has 0 spiro atoms. The summed E-state index contributed by atoms with van der Waals surface area (Å²) < 4.78 is 0. The van der Waals surface area contributed by atoms with Crippen LogP contribution in [0.15, 0.2) is 30.6 Å². The second kappa shape index (κ2) is 3.87.